The minimum Gasteiger partial charge on any atom is -0.352 e. The Morgan fingerprint density at radius 2 is 1.96 bits per heavy atom. The van der Waals surface area contributed by atoms with Crippen LogP contribution in [0.4, 0.5) is 0 Å². The summed E-state index contributed by atoms with van der Waals surface area (Å²) in [5, 5.41) is 2.91. The van der Waals surface area contributed by atoms with Crippen LogP contribution in [0.2, 0.25) is 0 Å². The number of aryl methyl sites for hydroxylation is 2. The third-order valence-corrected chi connectivity index (χ3v) is 6.75. The van der Waals surface area contributed by atoms with Crippen molar-refractivity contribution in [2.24, 2.45) is 5.92 Å². The van der Waals surface area contributed by atoms with E-state index in [9.17, 15) is 13.2 Å². The summed E-state index contributed by atoms with van der Waals surface area (Å²) < 4.78 is 25.1. The quantitative estimate of drug-likeness (QED) is 0.911. The summed E-state index contributed by atoms with van der Waals surface area (Å²) in [5.74, 6) is 0.288. The van der Waals surface area contributed by atoms with Gasteiger partial charge in [-0.15, -0.1) is 0 Å². The van der Waals surface area contributed by atoms with Gasteiger partial charge in [0.25, 0.3) is 5.91 Å². The van der Waals surface area contributed by atoms with Gasteiger partial charge in [0.1, 0.15) is 0 Å². The summed E-state index contributed by atoms with van der Waals surface area (Å²) in [6.45, 7) is 6.38. The Labute approximate surface area is 149 Å². The van der Waals surface area contributed by atoms with E-state index < -0.39 is 9.84 Å². The van der Waals surface area contributed by atoms with E-state index in [-0.39, 0.29) is 23.3 Å². The van der Waals surface area contributed by atoms with Gasteiger partial charge in [0.15, 0.2) is 9.84 Å². The molecule has 25 heavy (non-hydrogen) atoms. The molecular formula is C19H24N2O3S. The minimum absolute atomic E-state index is 0.0220. The molecule has 1 aliphatic heterocycles. The second-order valence-electron chi connectivity index (χ2n) is 6.89. The van der Waals surface area contributed by atoms with Crippen LogP contribution in [0.25, 0.3) is 5.69 Å². The lowest BCUT2D eigenvalue weighted by atomic mass is 10.1. The lowest BCUT2D eigenvalue weighted by molar-refractivity contribution is 0.0948. The molecule has 1 N–H and O–H groups in total. The third-order valence-electron chi connectivity index (χ3n) is 4.91. The molecule has 0 radical (unpaired) electrons. The summed E-state index contributed by atoms with van der Waals surface area (Å²) in [4.78, 5) is 12.6. The van der Waals surface area contributed by atoms with Crippen LogP contribution >= 0.6 is 0 Å². The topological polar surface area (TPSA) is 68.2 Å². The number of aromatic nitrogens is 1. The van der Waals surface area contributed by atoms with E-state index in [1.807, 2.05) is 38.1 Å². The van der Waals surface area contributed by atoms with Crippen LogP contribution in [0.3, 0.4) is 0 Å². The molecule has 0 spiro atoms. The predicted molar refractivity (Wildman–Crippen MR) is 99.1 cm³/mol. The molecular weight excluding hydrogens is 336 g/mol. The molecule has 5 nitrogen and oxygen atoms in total. The Bertz CT molecular complexity index is 913. The SMILES string of the molecule is Cc1ccccc1-n1c(C)cc(C(=O)NCC2CCS(=O)(=O)C2)c1C. The molecule has 1 fully saturated rings. The van der Waals surface area contributed by atoms with Crippen LogP contribution in [0.15, 0.2) is 30.3 Å². The number of hydrogen-bond donors (Lipinski definition) is 1. The Balaban J connectivity index is 1.78. The number of rotatable bonds is 4. The highest BCUT2D eigenvalue weighted by Gasteiger charge is 2.28. The van der Waals surface area contributed by atoms with Crippen LogP contribution in [0.1, 0.15) is 33.7 Å². The zero-order valence-corrected chi connectivity index (χ0v) is 15.7. The predicted octanol–water partition coefficient (Wildman–Crippen LogP) is 2.57. The highest BCUT2D eigenvalue weighted by molar-refractivity contribution is 7.91. The molecule has 1 aliphatic rings. The van der Waals surface area contributed by atoms with Gasteiger partial charge in [-0.2, -0.15) is 0 Å². The Morgan fingerprint density at radius 1 is 1.24 bits per heavy atom. The molecule has 2 heterocycles. The summed E-state index contributed by atoms with van der Waals surface area (Å²) in [6, 6.07) is 9.97. The van der Waals surface area contributed by atoms with E-state index >= 15 is 0 Å². The number of hydrogen-bond acceptors (Lipinski definition) is 3. The number of nitrogens with zero attached hydrogens (tertiary/aromatic N) is 1. The summed E-state index contributed by atoms with van der Waals surface area (Å²) in [7, 11) is -2.91. The molecule has 3 rings (SSSR count). The maximum atomic E-state index is 12.6. The number of sulfone groups is 1. The first-order valence-electron chi connectivity index (χ1n) is 8.52. The first-order chi connectivity index (χ1) is 11.8. The van der Waals surface area contributed by atoms with Gasteiger partial charge in [-0.05, 0) is 50.8 Å². The van der Waals surface area contributed by atoms with Gasteiger partial charge < -0.3 is 9.88 Å². The van der Waals surface area contributed by atoms with Crippen LogP contribution < -0.4 is 5.32 Å². The second-order valence-corrected chi connectivity index (χ2v) is 9.11. The van der Waals surface area contributed by atoms with Gasteiger partial charge in [-0.1, -0.05) is 18.2 Å². The van der Waals surface area contributed by atoms with Crippen molar-refractivity contribution in [2.75, 3.05) is 18.1 Å². The average molecular weight is 360 g/mol. The highest BCUT2D eigenvalue weighted by Crippen LogP contribution is 2.23. The van der Waals surface area contributed by atoms with Crippen LogP contribution in [0, 0.1) is 26.7 Å². The summed E-state index contributed by atoms with van der Waals surface area (Å²) in [5.41, 5.74) is 4.75. The minimum atomic E-state index is -2.91. The largest absolute Gasteiger partial charge is 0.352 e. The monoisotopic (exact) mass is 360 g/mol. The van der Waals surface area contributed by atoms with Gasteiger partial charge in [0.2, 0.25) is 0 Å². The van der Waals surface area contributed by atoms with E-state index in [0.29, 0.717) is 18.5 Å². The van der Waals surface area contributed by atoms with E-state index in [4.69, 9.17) is 0 Å². The molecule has 1 aromatic heterocycles. The lowest BCUT2D eigenvalue weighted by Gasteiger charge is -2.13. The van der Waals surface area contributed by atoms with Crippen LogP contribution in [-0.2, 0) is 9.84 Å². The first-order valence-corrected chi connectivity index (χ1v) is 10.3. The van der Waals surface area contributed by atoms with Crippen molar-refractivity contribution in [3.8, 4) is 5.69 Å². The molecule has 0 aliphatic carbocycles. The summed E-state index contributed by atoms with van der Waals surface area (Å²) in [6.07, 6.45) is 0.630. The fourth-order valence-electron chi connectivity index (χ4n) is 3.54. The zero-order valence-electron chi connectivity index (χ0n) is 14.9. The van der Waals surface area contributed by atoms with Crippen LogP contribution in [-0.4, -0.2) is 36.9 Å². The average Bonchev–Trinajstić information content (AvgIpc) is 3.05. The van der Waals surface area contributed by atoms with Gasteiger partial charge >= 0.3 is 0 Å². The molecule has 134 valence electrons. The molecule has 1 saturated heterocycles. The first kappa shape index (κ1) is 17.7. The second kappa shape index (κ2) is 6.67. The fraction of sp³-hybridized carbons (Fsp3) is 0.421. The Hall–Kier alpha value is -2.08. The van der Waals surface area contributed by atoms with E-state index in [1.165, 1.54) is 0 Å². The zero-order chi connectivity index (χ0) is 18.2. The van der Waals surface area contributed by atoms with E-state index in [2.05, 4.69) is 22.9 Å². The van der Waals surface area contributed by atoms with Crippen LogP contribution in [0.5, 0.6) is 0 Å². The van der Waals surface area contributed by atoms with Gasteiger partial charge in [0, 0.05) is 23.6 Å². The lowest BCUT2D eigenvalue weighted by Crippen LogP contribution is -2.30. The molecule has 1 atom stereocenters. The van der Waals surface area contributed by atoms with Crippen molar-refractivity contribution in [3.05, 3.63) is 52.8 Å². The van der Waals surface area contributed by atoms with Gasteiger partial charge in [0.05, 0.1) is 17.1 Å². The van der Waals surface area contributed by atoms with E-state index in [0.717, 1.165) is 22.6 Å². The van der Waals surface area contributed by atoms with Crippen molar-refractivity contribution in [2.45, 2.75) is 27.2 Å². The Kier molecular flexibility index (Phi) is 4.73. The third kappa shape index (κ3) is 3.63. The molecule has 6 heteroatoms. The van der Waals surface area contributed by atoms with E-state index in [1.54, 1.807) is 0 Å². The summed E-state index contributed by atoms with van der Waals surface area (Å²) >= 11 is 0. The molecule has 1 amide bonds. The maximum absolute atomic E-state index is 12.6. The van der Waals surface area contributed by atoms with Gasteiger partial charge in [-0.3, -0.25) is 4.79 Å². The molecule has 0 bridgehead atoms. The standard InChI is InChI=1S/C19H24N2O3S/c1-13-6-4-5-7-18(13)21-14(2)10-17(15(21)3)19(22)20-11-16-8-9-25(23,24)12-16/h4-7,10,16H,8-9,11-12H2,1-3H3,(H,20,22). The molecule has 0 saturated carbocycles. The smallest absolute Gasteiger partial charge is 0.253 e. The number of carbonyl (C=O) groups excluding carboxylic acids is 1. The number of amides is 1. The van der Waals surface area contributed by atoms with Crippen molar-refractivity contribution < 1.29 is 13.2 Å². The highest BCUT2D eigenvalue weighted by atomic mass is 32.2. The molecule has 1 aromatic carbocycles. The fourth-order valence-corrected chi connectivity index (χ4v) is 5.40. The van der Waals surface area contributed by atoms with Crippen molar-refractivity contribution in [1.82, 2.24) is 9.88 Å². The maximum Gasteiger partial charge on any atom is 0.253 e. The van der Waals surface area contributed by atoms with Gasteiger partial charge in [-0.25, -0.2) is 8.42 Å². The molecule has 2 aromatic rings. The number of benzene rings is 1. The number of carbonyl (C=O) groups is 1. The number of nitrogens with one attached hydrogen (secondary N) is 1. The normalized spacial score (nSPS) is 19.1. The van der Waals surface area contributed by atoms with Crippen molar-refractivity contribution >= 4 is 15.7 Å². The Morgan fingerprint density at radius 3 is 2.60 bits per heavy atom. The van der Waals surface area contributed by atoms with Crippen molar-refractivity contribution in [3.63, 3.8) is 0 Å². The van der Waals surface area contributed by atoms with Crippen molar-refractivity contribution in [1.29, 1.82) is 0 Å². The number of para-hydroxylation sites is 1. The molecule has 1 unspecified atom stereocenters.